The normalized spacial score (nSPS) is 11.0. The minimum atomic E-state index is -0.445. The molecule has 3 rings (SSSR count). The first-order chi connectivity index (χ1) is 11.1. The second-order valence-corrected chi connectivity index (χ2v) is 5.32. The van der Waals surface area contributed by atoms with Crippen LogP contribution >= 0.6 is 0 Å². The highest BCUT2D eigenvalue weighted by atomic mass is 16.5. The number of carbonyl (C=O) groups is 1. The number of carbonyl (C=O) groups excluding carboxylic acids is 1. The van der Waals surface area contributed by atoms with Crippen molar-refractivity contribution in [3.05, 3.63) is 57.8 Å². The Bertz CT molecular complexity index is 912. The minimum absolute atomic E-state index is 0.111. The predicted octanol–water partition coefficient (Wildman–Crippen LogP) is 1.16. The smallest absolute Gasteiger partial charge is 0.267 e. The standard InChI is InChI=1S/C16H16N4O3/c1-10-14-15(23-19-10)18-13(8-7-12(17)21)20(16(14)22)9-11-5-3-2-4-6-11/h2-6H,7-9H2,1H3,(H2,17,21). The van der Waals surface area contributed by atoms with Crippen molar-refractivity contribution < 1.29 is 9.32 Å². The summed E-state index contributed by atoms with van der Waals surface area (Å²) >= 11 is 0. The molecule has 0 aliphatic heterocycles. The Labute approximate surface area is 131 Å². The molecule has 2 N–H and O–H groups in total. The van der Waals surface area contributed by atoms with E-state index in [2.05, 4.69) is 10.1 Å². The van der Waals surface area contributed by atoms with Crippen LogP contribution in [0.5, 0.6) is 0 Å². The van der Waals surface area contributed by atoms with E-state index >= 15 is 0 Å². The van der Waals surface area contributed by atoms with Crippen LogP contribution in [0.1, 0.15) is 23.5 Å². The van der Waals surface area contributed by atoms with Crippen LogP contribution in [0.4, 0.5) is 0 Å². The number of primary amides is 1. The summed E-state index contributed by atoms with van der Waals surface area (Å²) in [7, 11) is 0. The number of aromatic nitrogens is 3. The summed E-state index contributed by atoms with van der Waals surface area (Å²) in [5.74, 6) is 0.0145. The van der Waals surface area contributed by atoms with E-state index in [1.807, 2.05) is 30.3 Å². The largest absolute Gasteiger partial charge is 0.370 e. The van der Waals surface area contributed by atoms with Gasteiger partial charge in [-0.1, -0.05) is 35.5 Å². The van der Waals surface area contributed by atoms with Gasteiger partial charge in [0.1, 0.15) is 11.2 Å². The molecule has 0 aliphatic rings. The maximum atomic E-state index is 12.8. The minimum Gasteiger partial charge on any atom is -0.370 e. The average molecular weight is 312 g/mol. The molecule has 1 amide bonds. The maximum Gasteiger partial charge on any atom is 0.267 e. The summed E-state index contributed by atoms with van der Waals surface area (Å²) in [5, 5.41) is 4.16. The van der Waals surface area contributed by atoms with Crippen molar-refractivity contribution >= 4 is 17.0 Å². The van der Waals surface area contributed by atoms with Gasteiger partial charge in [0.25, 0.3) is 11.3 Å². The summed E-state index contributed by atoms with van der Waals surface area (Å²) in [4.78, 5) is 28.2. The lowest BCUT2D eigenvalue weighted by molar-refractivity contribution is -0.118. The number of fused-ring (bicyclic) bond motifs is 1. The van der Waals surface area contributed by atoms with Gasteiger partial charge in [-0.2, -0.15) is 4.98 Å². The van der Waals surface area contributed by atoms with Crippen LogP contribution < -0.4 is 11.3 Å². The number of hydrogen-bond acceptors (Lipinski definition) is 5. The fourth-order valence-corrected chi connectivity index (χ4v) is 2.46. The third kappa shape index (κ3) is 2.98. The average Bonchev–Trinajstić information content (AvgIpc) is 2.90. The van der Waals surface area contributed by atoms with Gasteiger partial charge in [-0.15, -0.1) is 0 Å². The number of benzene rings is 1. The first kappa shape index (κ1) is 15.0. The maximum absolute atomic E-state index is 12.8. The lowest BCUT2D eigenvalue weighted by Crippen LogP contribution is -2.27. The highest BCUT2D eigenvalue weighted by molar-refractivity contribution is 5.75. The van der Waals surface area contributed by atoms with Crippen LogP contribution in [0, 0.1) is 6.92 Å². The molecule has 0 aliphatic carbocycles. The quantitative estimate of drug-likeness (QED) is 0.761. The molecule has 2 aromatic heterocycles. The van der Waals surface area contributed by atoms with Gasteiger partial charge in [0, 0.05) is 12.8 Å². The van der Waals surface area contributed by atoms with Crippen molar-refractivity contribution in [2.45, 2.75) is 26.3 Å². The van der Waals surface area contributed by atoms with Crippen molar-refractivity contribution in [3.63, 3.8) is 0 Å². The Hall–Kier alpha value is -2.96. The van der Waals surface area contributed by atoms with Crippen LogP contribution in [0.3, 0.4) is 0 Å². The van der Waals surface area contributed by atoms with E-state index in [0.29, 0.717) is 23.4 Å². The van der Waals surface area contributed by atoms with E-state index < -0.39 is 5.91 Å². The zero-order valence-corrected chi connectivity index (χ0v) is 12.7. The van der Waals surface area contributed by atoms with E-state index in [4.69, 9.17) is 10.3 Å². The van der Waals surface area contributed by atoms with Gasteiger partial charge in [0.15, 0.2) is 0 Å². The summed E-state index contributed by atoms with van der Waals surface area (Å²) in [5.41, 5.74) is 6.64. The molecule has 118 valence electrons. The van der Waals surface area contributed by atoms with Gasteiger partial charge < -0.3 is 10.3 Å². The Morgan fingerprint density at radius 2 is 2.04 bits per heavy atom. The summed E-state index contributed by atoms with van der Waals surface area (Å²) < 4.78 is 6.64. The van der Waals surface area contributed by atoms with Crippen molar-refractivity contribution in [1.82, 2.24) is 14.7 Å². The summed E-state index contributed by atoms with van der Waals surface area (Å²) in [6, 6.07) is 9.57. The molecule has 2 heterocycles. The molecule has 0 unspecified atom stereocenters. The summed E-state index contributed by atoms with van der Waals surface area (Å²) in [6.07, 6.45) is 0.382. The Balaban J connectivity index is 2.12. The first-order valence-corrected chi connectivity index (χ1v) is 7.24. The lowest BCUT2D eigenvalue weighted by Gasteiger charge is -2.11. The molecule has 0 saturated carbocycles. The third-order valence-electron chi connectivity index (χ3n) is 3.62. The van der Waals surface area contributed by atoms with E-state index in [1.165, 1.54) is 0 Å². The fourth-order valence-electron chi connectivity index (χ4n) is 2.46. The molecule has 0 spiro atoms. The van der Waals surface area contributed by atoms with Gasteiger partial charge in [0.05, 0.1) is 12.2 Å². The second-order valence-electron chi connectivity index (χ2n) is 5.32. The molecule has 0 fully saturated rings. The Morgan fingerprint density at radius 3 is 2.74 bits per heavy atom. The predicted molar refractivity (Wildman–Crippen MR) is 83.9 cm³/mol. The Kier molecular flexibility index (Phi) is 3.92. The molecule has 7 nitrogen and oxygen atoms in total. The van der Waals surface area contributed by atoms with E-state index in [-0.39, 0.29) is 24.1 Å². The van der Waals surface area contributed by atoms with Crippen molar-refractivity contribution in [2.24, 2.45) is 5.73 Å². The zero-order chi connectivity index (χ0) is 16.4. The van der Waals surface area contributed by atoms with E-state index in [9.17, 15) is 9.59 Å². The molecule has 0 atom stereocenters. The molecular formula is C16H16N4O3. The van der Waals surface area contributed by atoms with Gasteiger partial charge >= 0.3 is 0 Å². The second kappa shape index (κ2) is 6.04. The van der Waals surface area contributed by atoms with Gasteiger partial charge in [-0.05, 0) is 12.5 Å². The number of rotatable bonds is 5. The fraction of sp³-hybridized carbons (Fsp3) is 0.250. The molecule has 0 saturated heterocycles. The zero-order valence-electron chi connectivity index (χ0n) is 12.7. The molecule has 0 bridgehead atoms. The highest BCUT2D eigenvalue weighted by Crippen LogP contribution is 2.14. The molecule has 7 heteroatoms. The van der Waals surface area contributed by atoms with E-state index in [1.54, 1.807) is 11.5 Å². The van der Waals surface area contributed by atoms with Crippen LogP contribution in [0.2, 0.25) is 0 Å². The Morgan fingerprint density at radius 1 is 1.30 bits per heavy atom. The number of hydrogen-bond donors (Lipinski definition) is 1. The highest BCUT2D eigenvalue weighted by Gasteiger charge is 2.17. The number of nitrogens with two attached hydrogens (primary N) is 1. The van der Waals surface area contributed by atoms with Crippen molar-refractivity contribution in [2.75, 3.05) is 0 Å². The van der Waals surface area contributed by atoms with Crippen LogP contribution in [0.25, 0.3) is 11.1 Å². The first-order valence-electron chi connectivity index (χ1n) is 7.24. The van der Waals surface area contributed by atoms with Crippen LogP contribution in [-0.4, -0.2) is 20.6 Å². The SMILES string of the molecule is Cc1noc2nc(CCC(N)=O)n(Cc3ccccc3)c(=O)c12. The van der Waals surface area contributed by atoms with Crippen molar-refractivity contribution in [3.8, 4) is 0 Å². The summed E-state index contributed by atoms with van der Waals surface area (Å²) in [6.45, 7) is 2.06. The van der Waals surface area contributed by atoms with Gasteiger partial charge in [-0.25, -0.2) is 0 Å². The lowest BCUT2D eigenvalue weighted by atomic mass is 10.2. The number of amides is 1. The molecule has 0 radical (unpaired) electrons. The topological polar surface area (TPSA) is 104 Å². The van der Waals surface area contributed by atoms with Gasteiger partial charge in [0.2, 0.25) is 5.91 Å². The molecular weight excluding hydrogens is 296 g/mol. The molecule has 3 aromatic rings. The van der Waals surface area contributed by atoms with Gasteiger partial charge in [-0.3, -0.25) is 14.2 Å². The molecule has 1 aromatic carbocycles. The number of nitrogens with zero attached hydrogens (tertiary/aromatic N) is 3. The van der Waals surface area contributed by atoms with Crippen molar-refractivity contribution in [1.29, 1.82) is 0 Å². The van der Waals surface area contributed by atoms with E-state index in [0.717, 1.165) is 5.56 Å². The van der Waals surface area contributed by atoms with Crippen LogP contribution in [0.15, 0.2) is 39.6 Å². The number of aryl methyl sites for hydroxylation is 2. The monoisotopic (exact) mass is 312 g/mol. The molecule has 23 heavy (non-hydrogen) atoms. The third-order valence-corrected chi connectivity index (χ3v) is 3.62. The van der Waals surface area contributed by atoms with Crippen LogP contribution in [-0.2, 0) is 17.8 Å².